The molecule has 3 aromatic rings. The Kier molecular flexibility index (Phi) is 10.7. The molecule has 0 bridgehead atoms. The number of benzene rings is 3. The first-order chi connectivity index (χ1) is 18.0. The second kappa shape index (κ2) is 13.5. The molecule has 0 saturated carbocycles. The fourth-order valence-electron chi connectivity index (χ4n) is 3.99. The topological polar surface area (TPSA) is 58.6 Å². The van der Waals surface area contributed by atoms with Crippen molar-refractivity contribution in [1.82, 2.24) is 10.2 Å². The average Bonchev–Trinajstić information content (AvgIpc) is 2.86. The predicted octanol–water partition coefficient (Wildman–Crippen LogP) is 7.21. The van der Waals surface area contributed by atoms with E-state index in [-0.39, 0.29) is 30.4 Å². The van der Waals surface area contributed by atoms with Crippen LogP contribution in [0.1, 0.15) is 44.4 Å². The largest absolute Gasteiger partial charge is 0.483 e. The highest BCUT2D eigenvalue weighted by Gasteiger charge is 2.31. The molecule has 202 valence electrons. The normalized spacial score (nSPS) is 12.1. The molecule has 8 heteroatoms. The minimum atomic E-state index is -0.771. The molecule has 0 aromatic heterocycles. The number of carbonyl (C=O) groups is 2. The van der Waals surface area contributed by atoms with Gasteiger partial charge < -0.3 is 15.0 Å². The van der Waals surface area contributed by atoms with Crippen LogP contribution in [-0.4, -0.2) is 35.9 Å². The Morgan fingerprint density at radius 1 is 1.03 bits per heavy atom. The standard InChI is InChI=1S/C30H33BrCl2N2O3/c1-5-34-29(37)26(15-20-9-7-6-8-10-20)35(18-21-11-13-23(32)17-25(21)33)28(36)19-38-27-14-12-22(16-24(27)31)30(2,3)4/h6-14,16-17,26H,5,15,18-19H2,1-4H3,(H,34,37)/t26-/m1/s1. The van der Waals surface area contributed by atoms with Gasteiger partial charge in [-0.3, -0.25) is 9.59 Å². The lowest BCUT2D eigenvalue weighted by atomic mass is 9.87. The van der Waals surface area contributed by atoms with Crippen molar-refractivity contribution >= 4 is 50.9 Å². The number of nitrogens with zero attached hydrogens (tertiary/aromatic N) is 1. The summed E-state index contributed by atoms with van der Waals surface area (Å²) >= 11 is 16.1. The Balaban J connectivity index is 1.92. The summed E-state index contributed by atoms with van der Waals surface area (Å²) in [6, 6.07) is 19.8. The van der Waals surface area contributed by atoms with E-state index in [0.29, 0.717) is 34.3 Å². The van der Waals surface area contributed by atoms with Crippen molar-refractivity contribution in [2.24, 2.45) is 0 Å². The highest BCUT2D eigenvalue weighted by molar-refractivity contribution is 9.10. The van der Waals surface area contributed by atoms with Crippen LogP contribution in [0.2, 0.25) is 10.0 Å². The van der Waals surface area contributed by atoms with Gasteiger partial charge in [0.15, 0.2) is 6.61 Å². The molecule has 0 aliphatic heterocycles. The Morgan fingerprint density at radius 2 is 1.74 bits per heavy atom. The summed E-state index contributed by atoms with van der Waals surface area (Å²) in [6.45, 7) is 8.56. The van der Waals surface area contributed by atoms with Crippen LogP contribution >= 0.6 is 39.1 Å². The number of nitrogens with one attached hydrogen (secondary N) is 1. The van der Waals surface area contributed by atoms with Crippen LogP contribution < -0.4 is 10.1 Å². The lowest BCUT2D eigenvalue weighted by Gasteiger charge is -2.31. The van der Waals surface area contributed by atoms with E-state index in [9.17, 15) is 9.59 Å². The number of amides is 2. The third-order valence-corrected chi connectivity index (χ3v) is 7.33. The highest BCUT2D eigenvalue weighted by atomic mass is 79.9. The zero-order valence-electron chi connectivity index (χ0n) is 22.1. The molecule has 3 rings (SSSR count). The van der Waals surface area contributed by atoms with Gasteiger partial charge in [0, 0.05) is 29.6 Å². The van der Waals surface area contributed by atoms with E-state index >= 15 is 0 Å². The van der Waals surface area contributed by atoms with Crippen molar-refractivity contribution in [3.05, 3.63) is 97.9 Å². The van der Waals surface area contributed by atoms with Crippen molar-refractivity contribution in [2.45, 2.75) is 52.1 Å². The molecule has 3 aromatic carbocycles. The molecule has 0 aliphatic carbocycles. The van der Waals surface area contributed by atoms with Crippen molar-refractivity contribution in [3.63, 3.8) is 0 Å². The van der Waals surface area contributed by atoms with Gasteiger partial charge in [-0.05, 0) is 69.2 Å². The number of hydrogen-bond acceptors (Lipinski definition) is 3. The van der Waals surface area contributed by atoms with E-state index in [4.69, 9.17) is 27.9 Å². The average molecular weight is 620 g/mol. The van der Waals surface area contributed by atoms with Gasteiger partial charge >= 0.3 is 0 Å². The molecule has 38 heavy (non-hydrogen) atoms. The Hall–Kier alpha value is -2.54. The molecular formula is C30H33BrCl2N2O3. The number of likely N-dealkylation sites (N-methyl/N-ethyl adjacent to an activating group) is 1. The van der Waals surface area contributed by atoms with Crippen LogP contribution in [0, 0.1) is 0 Å². The maximum absolute atomic E-state index is 13.7. The molecule has 0 fully saturated rings. The van der Waals surface area contributed by atoms with Crippen molar-refractivity contribution in [2.75, 3.05) is 13.2 Å². The van der Waals surface area contributed by atoms with Crippen molar-refractivity contribution < 1.29 is 14.3 Å². The zero-order chi connectivity index (χ0) is 27.9. The minimum Gasteiger partial charge on any atom is -0.483 e. The summed E-state index contributed by atoms with van der Waals surface area (Å²) in [6.07, 6.45) is 0.341. The summed E-state index contributed by atoms with van der Waals surface area (Å²) in [5.41, 5.74) is 2.73. The second-order valence-electron chi connectivity index (χ2n) is 10.0. The van der Waals surface area contributed by atoms with E-state index in [2.05, 4.69) is 42.0 Å². The Labute approximate surface area is 243 Å². The molecule has 0 aliphatic rings. The quantitative estimate of drug-likeness (QED) is 0.261. The third kappa shape index (κ3) is 8.23. The number of ether oxygens (including phenoxy) is 1. The van der Waals surface area contributed by atoms with Crippen LogP contribution in [0.25, 0.3) is 0 Å². The van der Waals surface area contributed by atoms with Crippen LogP contribution in [0.3, 0.4) is 0 Å². The summed E-state index contributed by atoms with van der Waals surface area (Å²) < 4.78 is 6.71. The zero-order valence-corrected chi connectivity index (χ0v) is 25.2. The number of hydrogen-bond donors (Lipinski definition) is 1. The van der Waals surface area contributed by atoms with Gasteiger partial charge in [-0.2, -0.15) is 0 Å². The smallest absolute Gasteiger partial charge is 0.261 e. The van der Waals surface area contributed by atoms with Crippen molar-refractivity contribution in [1.29, 1.82) is 0 Å². The molecular weight excluding hydrogens is 587 g/mol. The maximum Gasteiger partial charge on any atom is 0.261 e. The minimum absolute atomic E-state index is 0.0250. The Morgan fingerprint density at radius 3 is 2.34 bits per heavy atom. The SMILES string of the molecule is CCNC(=O)[C@@H](Cc1ccccc1)N(Cc1ccc(Cl)cc1Cl)C(=O)COc1ccc(C(C)(C)C)cc1Br. The van der Waals surface area contributed by atoms with Gasteiger partial charge in [-0.15, -0.1) is 0 Å². The predicted molar refractivity (Wildman–Crippen MR) is 158 cm³/mol. The summed E-state index contributed by atoms with van der Waals surface area (Å²) in [5, 5.41) is 3.79. The van der Waals surface area contributed by atoms with Gasteiger partial charge in [-0.1, -0.05) is 86.4 Å². The van der Waals surface area contributed by atoms with E-state index in [1.807, 2.05) is 55.5 Å². The first kappa shape index (κ1) is 30.0. The fraction of sp³-hybridized carbons (Fsp3) is 0.333. The first-order valence-electron chi connectivity index (χ1n) is 12.5. The van der Waals surface area contributed by atoms with E-state index in [1.54, 1.807) is 18.2 Å². The van der Waals surface area contributed by atoms with Gasteiger partial charge in [-0.25, -0.2) is 0 Å². The van der Waals surface area contributed by atoms with Crippen LogP contribution in [0.4, 0.5) is 0 Å². The highest BCUT2D eigenvalue weighted by Crippen LogP contribution is 2.32. The lowest BCUT2D eigenvalue weighted by molar-refractivity contribution is -0.142. The van der Waals surface area contributed by atoms with Gasteiger partial charge in [0.1, 0.15) is 11.8 Å². The molecule has 1 atom stereocenters. The van der Waals surface area contributed by atoms with Crippen LogP contribution in [-0.2, 0) is 28.0 Å². The Bertz CT molecular complexity index is 1260. The third-order valence-electron chi connectivity index (χ3n) is 6.13. The molecule has 0 heterocycles. The molecule has 2 amide bonds. The van der Waals surface area contributed by atoms with E-state index in [0.717, 1.165) is 15.6 Å². The van der Waals surface area contributed by atoms with Gasteiger partial charge in [0.2, 0.25) is 5.91 Å². The number of rotatable bonds is 10. The maximum atomic E-state index is 13.7. The molecule has 0 radical (unpaired) electrons. The second-order valence-corrected chi connectivity index (χ2v) is 11.7. The van der Waals surface area contributed by atoms with E-state index < -0.39 is 6.04 Å². The molecule has 0 unspecified atom stereocenters. The first-order valence-corrected chi connectivity index (χ1v) is 14.0. The van der Waals surface area contributed by atoms with E-state index in [1.165, 1.54) is 4.90 Å². The lowest BCUT2D eigenvalue weighted by Crippen LogP contribution is -2.51. The molecule has 0 saturated heterocycles. The van der Waals surface area contributed by atoms with Gasteiger partial charge in [0.25, 0.3) is 5.91 Å². The molecule has 0 spiro atoms. The van der Waals surface area contributed by atoms with Crippen LogP contribution in [0.5, 0.6) is 5.75 Å². The summed E-state index contributed by atoms with van der Waals surface area (Å²) in [4.78, 5) is 28.5. The summed E-state index contributed by atoms with van der Waals surface area (Å²) in [5.74, 6) is -0.0334. The monoisotopic (exact) mass is 618 g/mol. The van der Waals surface area contributed by atoms with Gasteiger partial charge in [0.05, 0.1) is 4.47 Å². The molecule has 1 N–H and O–H groups in total. The summed E-state index contributed by atoms with van der Waals surface area (Å²) in [7, 11) is 0. The number of halogens is 3. The number of carbonyl (C=O) groups excluding carboxylic acids is 2. The fourth-order valence-corrected chi connectivity index (χ4v) is 4.95. The van der Waals surface area contributed by atoms with Crippen molar-refractivity contribution in [3.8, 4) is 5.75 Å². The molecule has 5 nitrogen and oxygen atoms in total. The van der Waals surface area contributed by atoms with Crippen LogP contribution in [0.15, 0.2) is 71.2 Å².